The van der Waals surface area contributed by atoms with Gasteiger partial charge in [0.05, 0.1) is 36.8 Å². The highest BCUT2D eigenvalue weighted by molar-refractivity contribution is 6.62. The van der Waals surface area contributed by atoms with E-state index >= 15 is 0 Å². The van der Waals surface area contributed by atoms with Gasteiger partial charge in [0.15, 0.2) is 0 Å². The summed E-state index contributed by atoms with van der Waals surface area (Å²) in [6.45, 7) is -0.473. The van der Waals surface area contributed by atoms with Crippen LogP contribution in [0.2, 0.25) is 0 Å². The lowest BCUT2D eigenvalue weighted by molar-refractivity contribution is -0.139. The first-order chi connectivity index (χ1) is 20.9. The van der Waals surface area contributed by atoms with Crippen molar-refractivity contribution in [3.8, 4) is 0 Å². The first-order valence-electron chi connectivity index (χ1n) is 13.1. The third-order valence-corrected chi connectivity index (χ3v) is 7.07. The van der Waals surface area contributed by atoms with Gasteiger partial charge >= 0.3 is 32.6 Å². The monoisotopic (exact) mass is 645 g/mol. The van der Waals surface area contributed by atoms with E-state index in [1.54, 1.807) is 0 Å². The number of carboxylic acids is 1. The number of aliphatic carboxylic acids is 1. The minimum atomic E-state index is -4.97. The smallest absolute Gasteiger partial charge is 0.481 e. The molecule has 0 fully saturated rings. The number of rotatable bonds is 9. The second-order valence-corrected chi connectivity index (χ2v) is 10.2. The molecule has 0 spiro atoms. The molecule has 0 saturated carbocycles. The summed E-state index contributed by atoms with van der Waals surface area (Å²) in [7, 11) is -3.53. The third kappa shape index (κ3) is 7.41. The highest BCUT2D eigenvalue weighted by Gasteiger charge is 2.42. The molecule has 20 heteroatoms. The van der Waals surface area contributed by atoms with E-state index in [0.29, 0.717) is 12.1 Å². The summed E-state index contributed by atoms with van der Waals surface area (Å²) < 4.78 is 91.9. The zero-order valence-corrected chi connectivity index (χ0v) is 23.0. The first-order valence-corrected chi connectivity index (χ1v) is 13.1. The Hall–Kier alpha value is -4.13. The quantitative estimate of drug-likeness (QED) is 0.157. The highest BCUT2D eigenvalue weighted by atomic mass is 19.4. The molecule has 2 aromatic carbocycles. The molecule has 45 heavy (non-hydrogen) atoms. The summed E-state index contributed by atoms with van der Waals surface area (Å²) in [5, 5.41) is 35.3. The van der Waals surface area contributed by atoms with Gasteiger partial charge in [-0.1, -0.05) is 0 Å². The molecule has 6 N–H and O–H groups in total. The van der Waals surface area contributed by atoms with Crippen molar-refractivity contribution in [3.05, 3.63) is 57.6 Å². The largest absolute Gasteiger partial charge is 0.491 e. The molecular formula is C25H23B2F6N3O9. The predicted molar refractivity (Wildman–Crippen MR) is 141 cm³/mol. The lowest BCUT2D eigenvalue weighted by atomic mass is 9.77. The van der Waals surface area contributed by atoms with E-state index in [4.69, 9.17) is 14.4 Å². The van der Waals surface area contributed by atoms with Crippen LogP contribution in [-0.2, 0) is 44.5 Å². The van der Waals surface area contributed by atoms with Crippen LogP contribution in [0, 0.1) is 0 Å². The van der Waals surface area contributed by atoms with Crippen molar-refractivity contribution in [2.45, 2.75) is 51.0 Å². The predicted octanol–water partition coefficient (Wildman–Crippen LogP) is -0.333. The molecule has 2 atom stereocenters. The Kier molecular flexibility index (Phi) is 9.53. The summed E-state index contributed by atoms with van der Waals surface area (Å²) >= 11 is 0. The van der Waals surface area contributed by atoms with Gasteiger partial charge in [0, 0.05) is 17.7 Å². The van der Waals surface area contributed by atoms with E-state index < -0.39 is 116 Å². The number of carbonyl (C=O) groups is 4. The lowest BCUT2D eigenvalue weighted by Crippen LogP contribution is -2.57. The molecule has 2 aliphatic rings. The molecule has 0 saturated heterocycles. The Labute approximate surface area is 250 Å². The number of carbonyl (C=O) groups excluding carboxylic acids is 3. The second kappa shape index (κ2) is 12.7. The number of hydrogen-bond acceptors (Lipinski definition) is 8. The molecule has 3 amide bonds. The summed E-state index contributed by atoms with van der Waals surface area (Å²) in [5.74, 6) is -4.87. The van der Waals surface area contributed by atoms with Gasteiger partial charge in [0.1, 0.15) is 6.04 Å². The van der Waals surface area contributed by atoms with E-state index in [-0.39, 0.29) is 16.5 Å². The van der Waals surface area contributed by atoms with E-state index in [1.165, 1.54) is 0 Å². The SMILES string of the molecule is C[C@H](NC(=O)c1cc2c(c(C(F)(F)F)c1)COB2O)[C@H](NC(=O)c1cc2c(c(C(F)(F)F)c1)COB2O)C(=O)NCCC(=O)O. The van der Waals surface area contributed by atoms with E-state index in [9.17, 15) is 55.6 Å². The molecule has 240 valence electrons. The topological polar surface area (TPSA) is 184 Å². The summed E-state index contributed by atoms with van der Waals surface area (Å²) in [5.41, 5.74) is -5.25. The zero-order chi connectivity index (χ0) is 33.4. The average Bonchev–Trinajstić information content (AvgIpc) is 3.50. The maximum Gasteiger partial charge on any atom is 0.491 e. The summed E-state index contributed by atoms with van der Waals surface area (Å²) in [4.78, 5) is 50.1. The van der Waals surface area contributed by atoms with Crippen molar-refractivity contribution in [3.63, 3.8) is 0 Å². The van der Waals surface area contributed by atoms with Gasteiger partial charge in [-0.2, -0.15) is 26.3 Å². The van der Waals surface area contributed by atoms with Crippen molar-refractivity contribution in [1.29, 1.82) is 0 Å². The number of benzene rings is 2. The Morgan fingerprint density at radius 1 is 0.822 bits per heavy atom. The minimum Gasteiger partial charge on any atom is -0.481 e. The van der Waals surface area contributed by atoms with Crippen molar-refractivity contribution in [2.75, 3.05) is 6.54 Å². The van der Waals surface area contributed by atoms with Gasteiger partial charge < -0.3 is 40.4 Å². The molecule has 4 rings (SSSR count). The molecule has 2 heterocycles. The van der Waals surface area contributed by atoms with Gasteiger partial charge in [0.25, 0.3) is 11.8 Å². The fourth-order valence-electron chi connectivity index (χ4n) is 4.84. The average molecular weight is 645 g/mol. The number of fused-ring (bicyclic) bond motifs is 2. The Balaban J connectivity index is 1.63. The number of carboxylic acid groups (broad SMARTS) is 1. The third-order valence-electron chi connectivity index (χ3n) is 7.07. The van der Waals surface area contributed by atoms with E-state index in [2.05, 4.69) is 16.0 Å². The van der Waals surface area contributed by atoms with Crippen LogP contribution >= 0.6 is 0 Å². The molecule has 0 bridgehead atoms. The zero-order valence-electron chi connectivity index (χ0n) is 23.0. The molecule has 0 unspecified atom stereocenters. The lowest BCUT2D eigenvalue weighted by Gasteiger charge is -2.26. The van der Waals surface area contributed by atoms with Crippen LogP contribution < -0.4 is 26.9 Å². The Morgan fingerprint density at radius 2 is 1.27 bits per heavy atom. The molecule has 0 aliphatic carbocycles. The van der Waals surface area contributed by atoms with Gasteiger partial charge in [-0.3, -0.25) is 19.2 Å². The maximum atomic E-state index is 13.7. The van der Waals surface area contributed by atoms with Gasteiger partial charge in [-0.05, 0) is 53.2 Å². The van der Waals surface area contributed by atoms with Crippen LogP contribution in [0.3, 0.4) is 0 Å². The molecule has 2 aromatic rings. The normalized spacial score (nSPS) is 15.7. The fourth-order valence-corrected chi connectivity index (χ4v) is 4.84. The number of halogens is 6. The van der Waals surface area contributed by atoms with Crippen LogP contribution in [0.1, 0.15) is 56.3 Å². The summed E-state index contributed by atoms with van der Waals surface area (Å²) in [6, 6.07) is -0.434. The van der Waals surface area contributed by atoms with Crippen molar-refractivity contribution in [2.24, 2.45) is 0 Å². The van der Waals surface area contributed by atoms with Crippen molar-refractivity contribution >= 4 is 48.9 Å². The minimum absolute atomic E-state index is 0.317. The molecule has 2 aliphatic heterocycles. The number of nitrogens with one attached hydrogen (secondary N) is 3. The molecule has 0 radical (unpaired) electrons. The van der Waals surface area contributed by atoms with Crippen LogP contribution in [-0.4, -0.2) is 71.7 Å². The first kappa shape index (κ1) is 33.8. The van der Waals surface area contributed by atoms with E-state index in [0.717, 1.165) is 19.1 Å². The second-order valence-electron chi connectivity index (χ2n) is 10.2. The summed E-state index contributed by atoms with van der Waals surface area (Å²) in [6.07, 6.45) is -10.5. The number of amides is 3. The number of hydrogen-bond donors (Lipinski definition) is 6. The van der Waals surface area contributed by atoms with Crippen LogP contribution in [0.4, 0.5) is 26.3 Å². The molecule has 0 aromatic heterocycles. The van der Waals surface area contributed by atoms with Crippen LogP contribution in [0.15, 0.2) is 24.3 Å². The van der Waals surface area contributed by atoms with E-state index in [1.807, 2.05) is 0 Å². The highest BCUT2D eigenvalue weighted by Crippen LogP contribution is 2.35. The fraction of sp³-hybridized carbons (Fsp3) is 0.360. The van der Waals surface area contributed by atoms with Gasteiger partial charge in [-0.25, -0.2) is 0 Å². The van der Waals surface area contributed by atoms with Crippen LogP contribution in [0.25, 0.3) is 0 Å². The Morgan fingerprint density at radius 3 is 1.69 bits per heavy atom. The van der Waals surface area contributed by atoms with Gasteiger partial charge in [0.2, 0.25) is 5.91 Å². The van der Waals surface area contributed by atoms with Gasteiger partial charge in [-0.15, -0.1) is 0 Å². The van der Waals surface area contributed by atoms with Crippen LogP contribution in [0.5, 0.6) is 0 Å². The van der Waals surface area contributed by atoms with Crippen molar-refractivity contribution in [1.82, 2.24) is 16.0 Å². The Bertz CT molecular complexity index is 1540. The standard InChI is InChI=1S/C25H23B2F6N3O9/c1-10(35-21(39)11-4-15(24(28,29)30)13-8-44-26(42)17(13)6-11)20(23(41)34-3-2-19(37)38)36-22(40)12-5-16(25(31,32)33)14-9-45-27(43)18(14)7-12/h4-7,10,20,42-43H,2-3,8-9H2,1H3,(H,34,41)(H,35,39)(H,36,40)(H,37,38)/t10-,20-/m0/s1. The maximum absolute atomic E-state index is 13.7. The molecular weight excluding hydrogens is 622 g/mol. The molecule has 12 nitrogen and oxygen atoms in total. The number of alkyl halides is 6. The van der Waals surface area contributed by atoms with Crippen molar-refractivity contribution < 1.29 is 70.0 Å².